The molecule has 0 heterocycles. The number of benzene rings is 1. The number of nitriles is 2. The standard InChI is InChI=1S/C14H15N3O2/c1-17(9-2-8-15)14(18)7-10-19-13-5-3-12(11-16)4-6-13/h3-6H,2,7,9-10H2,1H3. The molecule has 0 aliphatic carbocycles. The zero-order valence-electron chi connectivity index (χ0n) is 10.8. The first-order chi connectivity index (χ1) is 9.17. The fraction of sp³-hybridized carbons (Fsp3) is 0.357. The molecule has 0 spiro atoms. The Kier molecular flexibility index (Phi) is 5.91. The first kappa shape index (κ1) is 14.5. The minimum Gasteiger partial charge on any atom is -0.493 e. The van der Waals surface area contributed by atoms with Gasteiger partial charge in [0.2, 0.25) is 5.91 Å². The van der Waals surface area contributed by atoms with E-state index in [0.29, 0.717) is 24.3 Å². The third kappa shape index (κ3) is 5.10. The molecule has 1 rings (SSSR count). The summed E-state index contributed by atoms with van der Waals surface area (Å²) in [5.74, 6) is 0.579. The van der Waals surface area contributed by atoms with Crippen molar-refractivity contribution >= 4 is 5.91 Å². The predicted molar refractivity (Wildman–Crippen MR) is 69.1 cm³/mol. The molecule has 1 aromatic carbocycles. The molecule has 0 aliphatic rings. The van der Waals surface area contributed by atoms with Gasteiger partial charge in [-0.3, -0.25) is 4.79 Å². The van der Waals surface area contributed by atoms with Gasteiger partial charge in [-0.2, -0.15) is 10.5 Å². The number of carbonyl (C=O) groups is 1. The van der Waals surface area contributed by atoms with Gasteiger partial charge in [-0.15, -0.1) is 0 Å². The van der Waals surface area contributed by atoms with E-state index in [0.717, 1.165) is 0 Å². The Morgan fingerprint density at radius 3 is 2.58 bits per heavy atom. The lowest BCUT2D eigenvalue weighted by Crippen LogP contribution is -2.28. The van der Waals surface area contributed by atoms with Gasteiger partial charge in [-0.1, -0.05) is 0 Å². The molecule has 0 aromatic heterocycles. The summed E-state index contributed by atoms with van der Waals surface area (Å²) >= 11 is 0. The third-order valence-electron chi connectivity index (χ3n) is 2.55. The topological polar surface area (TPSA) is 77.1 Å². The highest BCUT2D eigenvalue weighted by Gasteiger charge is 2.08. The van der Waals surface area contributed by atoms with Gasteiger partial charge in [-0.25, -0.2) is 0 Å². The fourth-order valence-electron chi connectivity index (χ4n) is 1.42. The summed E-state index contributed by atoms with van der Waals surface area (Å²) in [6.07, 6.45) is 0.598. The zero-order chi connectivity index (χ0) is 14.1. The molecule has 0 fully saturated rings. The molecule has 0 atom stereocenters. The number of hydrogen-bond acceptors (Lipinski definition) is 4. The summed E-state index contributed by atoms with van der Waals surface area (Å²) in [4.78, 5) is 13.2. The van der Waals surface area contributed by atoms with E-state index in [1.165, 1.54) is 4.90 Å². The molecule has 0 unspecified atom stereocenters. The molecule has 0 N–H and O–H groups in total. The van der Waals surface area contributed by atoms with E-state index < -0.39 is 0 Å². The fourth-order valence-corrected chi connectivity index (χ4v) is 1.42. The number of amides is 1. The van der Waals surface area contributed by atoms with Crippen molar-refractivity contribution in [3.8, 4) is 17.9 Å². The van der Waals surface area contributed by atoms with E-state index in [2.05, 4.69) is 0 Å². The second-order valence-corrected chi connectivity index (χ2v) is 3.96. The molecule has 1 amide bonds. The molecule has 0 radical (unpaired) electrons. The largest absolute Gasteiger partial charge is 0.493 e. The van der Waals surface area contributed by atoms with Crippen molar-refractivity contribution in [1.82, 2.24) is 4.90 Å². The van der Waals surface area contributed by atoms with Crippen LogP contribution in [0.2, 0.25) is 0 Å². The third-order valence-corrected chi connectivity index (χ3v) is 2.55. The van der Waals surface area contributed by atoms with Gasteiger partial charge in [0.05, 0.1) is 37.2 Å². The van der Waals surface area contributed by atoms with Gasteiger partial charge < -0.3 is 9.64 Å². The van der Waals surface area contributed by atoms with Crippen molar-refractivity contribution in [1.29, 1.82) is 10.5 Å². The Bertz CT molecular complexity index is 497. The van der Waals surface area contributed by atoms with Crippen LogP contribution in [-0.4, -0.2) is 31.0 Å². The van der Waals surface area contributed by atoms with Gasteiger partial charge in [0, 0.05) is 13.6 Å². The Morgan fingerprint density at radius 1 is 1.32 bits per heavy atom. The highest BCUT2D eigenvalue weighted by Crippen LogP contribution is 2.11. The van der Waals surface area contributed by atoms with Gasteiger partial charge in [0.25, 0.3) is 0 Å². The normalized spacial score (nSPS) is 9.21. The van der Waals surface area contributed by atoms with E-state index in [1.54, 1.807) is 31.3 Å². The molecule has 0 bridgehead atoms. The van der Waals surface area contributed by atoms with Crippen LogP contribution in [-0.2, 0) is 4.79 Å². The van der Waals surface area contributed by atoms with Crippen molar-refractivity contribution in [3.05, 3.63) is 29.8 Å². The van der Waals surface area contributed by atoms with Gasteiger partial charge in [-0.05, 0) is 24.3 Å². The van der Waals surface area contributed by atoms with Crippen LogP contribution in [0.5, 0.6) is 5.75 Å². The quantitative estimate of drug-likeness (QED) is 0.777. The average molecular weight is 257 g/mol. The first-order valence-electron chi connectivity index (χ1n) is 5.91. The minimum absolute atomic E-state index is 0.0519. The minimum atomic E-state index is -0.0519. The number of carbonyl (C=O) groups excluding carboxylic acids is 1. The van der Waals surface area contributed by atoms with Gasteiger partial charge >= 0.3 is 0 Å². The van der Waals surface area contributed by atoms with Crippen molar-refractivity contribution in [2.75, 3.05) is 20.2 Å². The van der Waals surface area contributed by atoms with Crippen LogP contribution in [0.3, 0.4) is 0 Å². The van der Waals surface area contributed by atoms with Crippen LogP contribution in [0.15, 0.2) is 24.3 Å². The lowest BCUT2D eigenvalue weighted by atomic mass is 10.2. The summed E-state index contributed by atoms with van der Waals surface area (Å²) < 4.78 is 5.41. The molecule has 1 aromatic rings. The maximum Gasteiger partial charge on any atom is 0.225 e. The maximum atomic E-state index is 11.6. The van der Waals surface area contributed by atoms with E-state index in [1.807, 2.05) is 12.1 Å². The highest BCUT2D eigenvalue weighted by molar-refractivity contribution is 5.75. The van der Waals surface area contributed by atoms with Crippen LogP contribution >= 0.6 is 0 Å². The molecule has 5 nitrogen and oxygen atoms in total. The summed E-state index contributed by atoms with van der Waals surface area (Å²) in [6.45, 7) is 0.716. The average Bonchev–Trinajstić information content (AvgIpc) is 2.45. The summed E-state index contributed by atoms with van der Waals surface area (Å²) in [7, 11) is 1.67. The number of nitrogens with zero attached hydrogens (tertiary/aromatic N) is 3. The van der Waals surface area contributed by atoms with Crippen LogP contribution < -0.4 is 4.74 Å². The van der Waals surface area contributed by atoms with E-state index >= 15 is 0 Å². The van der Waals surface area contributed by atoms with Crippen LogP contribution in [0.25, 0.3) is 0 Å². The van der Waals surface area contributed by atoms with Gasteiger partial charge in [0.1, 0.15) is 5.75 Å². The lowest BCUT2D eigenvalue weighted by molar-refractivity contribution is -0.130. The molecular formula is C14H15N3O2. The van der Waals surface area contributed by atoms with Crippen molar-refractivity contribution in [2.24, 2.45) is 0 Å². The highest BCUT2D eigenvalue weighted by atomic mass is 16.5. The first-order valence-corrected chi connectivity index (χ1v) is 5.91. The van der Waals surface area contributed by atoms with Gasteiger partial charge in [0.15, 0.2) is 0 Å². The van der Waals surface area contributed by atoms with Crippen LogP contribution in [0, 0.1) is 22.7 Å². The number of ether oxygens (including phenoxy) is 1. The summed E-state index contributed by atoms with van der Waals surface area (Å²) in [6, 6.07) is 10.7. The second-order valence-electron chi connectivity index (χ2n) is 3.96. The Hall–Kier alpha value is -2.53. The van der Waals surface area contributed by atoms with Crippen molar-refractivity contribution in [2.45, 2.75) is 12.8 Å². The Balaban J connectivity index is 2.31. The van der Waals surface area contributed by atoms with Crippen LogP contribution in [0.4, 0.5) is 0 Å². The SMILES string of the molecule is CN(CCC#N)C(=O)CCOc1ccc(C#N)cc1. The zero-order valence-corrected chi connectivity index (χ0v) is 10.8. The van der Waals surface area contributed by atoms with E-state index in [9.17, 15) is 4.79 Å². The summed E-state index contributed by atoms with van der Waals surface area (Å²) in [5.41, 5.74) is 0.569. The second kappa shape index (κ2) is 7.73. The predicted octanol–water partition coefficient (Wildman–Crippen LogP) is 1.70. The van der Waals surface area contributed by atoms with Crippen LogP contribution in [0.1, 0.15) is 18.4 Å². The monoisotopic (exact) mass is 257 g/mol. The molecule has 5 heteroatoms. The molecular weight excluding hydrogens is 242 g/mol. The lowest BCUT2D eigenvalue weighted by Gasteiger charge is -2.15. The molecule has 0 saturated heterocycles. The van der Waals surface area contributed by atoms with E-state index in [4.69, 9.17) is 15.3 Å². The Labute approximate surface area is 112 Å². The number of rotatable bonds is 6. The van der Waals surface area contributed by atoms with E-state index in [-0.39, 0.29) is 18.9 Å². The smallest absolute Gasteiger partial charge is 0.225 e. The summed E-state index contributed by atoms with van der Waals surface area (Å²) in [5, 5.41) is 17.1. The Morgan fingerprint density at radius 2 is 2.00 bits per heavy atom. The van der Waals surface area contributed by atoms with Crippen molar-refractivity contribution in [3.63, 3.8) is 0 Å². The maximum absolute atomic E-state index is 11.6. The molecule has 19 heavy (non-hydrogen) atoms. The van der Waals surface area contributed by atoms with Crippen molar-refractivity contribution < 1.29 is 9.53 Å². The molecule has 0 saturated carbocycles. The molecule has 98 valence electrons. The number of hydrogen-bond donors (Lipinski definition) is 0. The molecule has 0 aliphatic heterocycles.